The molecule has 0 aliphatic heterocycles. The fourth-order valence-electron chi connectivity index (χ4n) is 1.96. The van der Waals surface area contributed by atoms with Crippen LogP contribution >= 0.6 is 0 Å². The van der Waals surface area contributed by atoms with Crippen LogP contribution in [0.2, 0.25) is 0 Å². The van der Waals surface area contributed by atoms with Crippen molar-refractivity contribution in [3.05, 3.63) is 78.2 Å². The third kappa shape index (κ3) is 9.66. The predicted octanol–water partition coefficient (Wildman–Crippen LogP) is 5.09. The predicted molar refractivity (Wildman–Crippen MR) is 106 cm³/mol. The Kier molecular flexibility index (Phi) is 10.2. The van der Waals surface area contributed by atoms with Gasteiger partial charge in [0.1, 0.15) is 23.8 Å². The van der Waals surface area contributed by atoms with Crippen LogP contribution in [0.4, 0.5) is 13.2 Å². The summed E-state index contributed by atoms with van der Waals surface area (Å²) in [5.74, 6) is 1.44. The monoisotopic (exact) mass is 394 g/mol. The van der Waals surface area contributed by atoms with Crippen LogP contribution in [0.3, 0.4) is 0 Å². The number of hydrogen-bond donors (Lipinski definition) is 1. The minimum atomic E-state index is -4.52. The molecule has 0 saturated carbocycles. The molecule has 0 heterocycles. The smallest absolute Gasteiger partial charge is 0.430 e. The van der Waals surface area contributed by atoms with E-state index >= 15 is 0 Å². The summed E-state index contributed by atoms with van der Waals surface area (Å²) in [7, 11) is 1.61. The van der Waals surface area contributed by atoms with E-state index in [9.17, 15) is 13.2 Å². The Balaban J connectivity index is 2.38. The standard InChI is InChI=1S/C21H25F3N2O2/c1-3-7-19(28-16-17-9-11-18(27-2)12-10-17)8-5-4-6-14-26-15-13-20(25)21(22,23)24/h3,5,7-13,15H,1,4,6,14,16,25H2,2H3/b8-5-,19-7+,20-13?,26-15?. The van der Waals surface area contributed by atoms with Gasteiger partial charge in [0, 0.05) is 12.8 Å². The van der Waals surface area contributed by atoms with Crippen molar-refractivity contribution < 1.29 is 22.6 Å². The first-order valence-electron chi connectivity index (χ1n) is 8.64. The normalized spacial score (nSPS) is 13.3. The van der Waals surface area contributed by atoms with E-state index in [0.29, 0.717) is 31.8 Å². The van der Waals surface area contributed by atoms with Crippen LogP contribution in [0.1, 0.15) is 18.4 Å². The molecular formula is C21H25F3N2O2. The number of allylic oxidation sites excluding steroid dienone is 6. The number of ether oxygens (including phenoxy) is 2. The van der Waals surface area contributed by atoms with E-state index in [1.165, 1.54) is 0 Å². The largest absolute Gasteiger partial charge is 0.497 e. The average molecular weight is 394 g/mol. The van der Waals surface area contributed by atoms with Crippen molar-refractivity contribution in [3.63, 3.8) is 0 Å². The van der Waals surface area contributed by atoms with E-state index in [1.807, 2.05) is 36.4 Å². The van der Waals surface area contributed by atoms with Crippen molar-refractivity contribution in [1.29, 1.82) is 0 Å². The molecule has 7 heteroatoms. The fraction of sp³-hybridized carbons (Fsp3) is 0.286. The van der Waals surface area contributed by atoms with E-state index in [2.05, 4.69) is 11.6 Å². The number of unbranched alkanes of at least 4 members (excludes halogenated alkanes) is 1. The maximum Gasteiger partial charge on any atom is 0.430 e. The Bertz CT molecular complexity index is 718. The Morgan fingerprint density at radius 3 is 2.54 bits per heavy atom. The third-order valence-electron chi connectivity index (χ3n) is 3.47. The molecule has 28 heavy (non-hydrogen) atoms. The maximum atomic E-state index is 12.2. The zero-order chi connectivity index (χ0) is 20.8. The minimum absolute atomic E-state index is 0.402. The SMILES string of the molecule is C=C/C=C(\C=C/CCCN=CC=C(N)C(F)(F)F)OCc1ccc(OC)cc1. The summed E-state index contributed by atoms with van der Waals surface area (Å²) in [4.78, 5) is 3.88. The van der Waals surface area contributed by atoms with Crippen LogP contribution in [-0.4, -0.2) is 26.0 Å². The van der Waals surface area contributed by atoms with E-state index in [-0.39, 0.29) is 0 Å². The number of hydrogen-bond acceptors (Lipinski definition) is 4. The van der Waals surface area contributed by atoms with Gasteiger partial charge in [0.05, 0.1) is 7.11 Å². The van der Waals surface area contributed by atoms with Gasteiger partial charge in [-0.1, -0.05) is 30.9 Å². The van der Waals surface area contributed by atoms with Crippen LogP contribution < -0.4 is 10.5 Å². The fourth-order valence-corrected chi connectivity index (χ4v) is 1.96. The van der Waals surface area contributed by atoms with Gasteiger partial charge in [0.15, 0.2) is 0 Å². The maximum absolute atomic E-state index is 12.2. The number of methoxy groups -OCH3 is 1. The highest BCUT2D eigenvalue weighted by Gasteiger charge is 2.30. The van der Waals surface area contributed by atoms with Gasteiger partial charge in [-0.05, 0) is 48.8 Å². The number of nitrogens with zero attached hydrogens (tertiary/aromatic N) is 1. The molecular weight excluding hydrogens is 369 g/mol. The lowest BCUT2D eigenvalue weighted by Crippen LogP contribution is -2.19. The molecule has 0 aliphatic rings. The molecule has 1 rings (SSSR count). The van der Waals surface area contributed by atoms with E-state index < -0.39 is 11.9 Å². The number of aliphatic imine (C=N–C) groups is 1. The van der Waals surface area contributed by atoms with Crippen LogP contribution in [0.15, 0.2) is 77.7 Å². The van der Waals surface area contributed by atoms with Gasteiger partial charge < -0.3 is 15.2 Å². The number of halogens is 3. The second kappa shape index (κ2) is 12.4. The molecule has 0 spiro atoms. The topological polar surface area (TPSA) is 56.8 Å². The van der Waals surface area contributed by atoms with Gasteiger partial charge in [-0.3, -0.25) is 4.99 Å². The summed E-state index contributed by atoms with van der Waals surface area (Å²) in [5, 5.41) is 0. The van der Waals surface area contributed by atoms with Gasteiger partial charge in [-0.15, -0.1) is 0 Å². The van der Waals surface area contributed by atoms with Crippen molar-refractivity contribution in [2.24, 2.45) is 10.7 Å². The molecule has 0 saturated heterocycles. The van der Waals surface area contributed by atoms with Crippen molar-refractivity contribution >= 4 is 6.21 Å². The first kappa shape index (κ1) is 23.1. The number of benzene rings is 1. The lowest BCUT2D eigenvalue weighted by atomic mass is 10.2. The minimum Gasteiger partial charge on any atom is -0.497 e. The van der Waals surface area contributed by atoms with E-state index in [0.717, 1.165) is 23.6 Å². The first-order chi connectivity index (χ1) is 13.4. The summed E-state index contributed by atoms with van der Waals surface area (Å²) in [6, 6.07) is 7.57. The molecule has 0 bridgehead atoms. The van der Waals surface area contributed by atoms with Crippen LogP contribution in [-0.2, 0) is 11.3 Å². The average Bonchev–Trinajstić information content (AvgIpc) is 2.67. The summed E-state index contributed by atoms with van der Waals surface area (Å²) < 4.78 is 47.4. The Morgan fingerprint density at radius 2 is 1.93 bits per heavy atom. The third-order valence-corrected chi connectivity index (χ3v) is 3.47. The van der Waals surface area contributed by atoms with Crippen molar-refractivity contribution in [2.75, 3.05) is 13.7 Å². The lowest BCUT2D eigenvalue weighted by molar-refractivity contribution is -0.0925. The van der Waals surface area contributed by atoms with Crippen molar-refractivity contribution in [3.8, 4) is 5.75 Å². The molecule has 0 atom stereocenters. The zero-order valence-electron chi connectivity index (χ0n) is 15.8. The number of nitrogens with two attached hydrogens (primary N) is 1. The highest BCUT2D eigenvalue weighted by atomic mass is 19.4. The van der Waals surface area contributed by atoms with Gasteiger partial charge >= 0.3 is 6.18 Å². The summed E-state index contributed by atoms with van der Waals surface area (Å²) in [6.45, 7) is 4.48. The molecule has 0 radical (unpaired) electrons. The molecule has 1 aromatic carbocycles. The second-order valence-electron chi connectivity index (χ2n) is 5.66. The van der Waals surface area contributed by atoms with Gasteiger partial charge in [0.25, 0.3) is 0 Å². The molecule has 0 fully saturated rings. The first-order valence-corrected chi connectivity index (χ1v) is 8.64. The molecule has 0 aliphatic carbocycles. The van der Waals surface area contributed by atoms with E-state index in [4.69, 9.17) is 15.2 Å². The summed E-state index contributed by atoms with van der Waals surface area (Å²) in [5.41, 5.74) is 4.70. The van der Waals surface area contributed by atoms with Crippen LogP contribution in [0, 0.1) is 0 Å². The summed E-state index contributed by atoms with van der Waals surface area (Å²) >= 11 is 0. The quantitative estimate of drug-likeness (QED) is 0.246. The second-order valence-corrected chi connectivity index (χ2v) is 5.66. The van der Waals surface area contributed by atoms with Crippen molar-refractivity contribution in [2.45, 2.75) is 25.6 Å². The van der Waals surface area contributed by atoms with Crippen LogP contribution in [0.25, 0.3) is 0 Å². The lowest BCUT2D eigenvalue weighted by Gasteiger charge is -2.07. The molecule has 1 aromatic rings. The van der Waals surface area contributed by atoms with Gasteiger partial charge in [-0.25, -0.2) is 0 Å². The molecule has 0 aromatic heterocycles. The molecule has 152 valence electrons. The van der Waals surface area contributed by atoms with E-state index in [1.54, 1.807) is 19.3 Å². The Hall–Kier alpha value is -2.96. The highest BCUT2D eigenvalue weighted by Crippen LogP contribution is 2.20. The molecule has 0 amide bonds. The van der Waals surface area contributed by atoms with Gasteiger partial charge in [-0.2, -0.15) is 13.2 Å². The van der Waals surface area contributed by atoms with Gasteiger partial charge in [0.2, 0.25) is 0 Å². The van der Waals surface area contributed by atoms with Crippen LogP contribution in [0.5, 0.6) is 5.75 Å². The number of rotatable bonds is 11. The molecule has 4 nitrogen and oxygen atoms in total. The summed E-state index contributed by atoms with van der Waals surface area (Å²) in [6.07, 6.45) is 5.84. The molecule has 0 unspecified atom stereocenters. The number of alkyl halides is 3. The highest BCUT2D eigenvalue weighted by molar-refractivity contribution is 5.72. The van der Waals surface area contributed by atoms with Crippen molar-refractivity contribution in [1.82, 2.24) is 0 Å². The Morgan fingerprint density at radius 1 is 1.21 bits per heavy atom. The Labute approximate surface area is 163 Å². The molecule has 2 N–H and O–H groups in total. The zero-order valence-corrected chi connectivity index (χ0v) is 15.8.